The summed E-state index contributed by atoms with van der Waals surface area (Å²) >= 11 is 11.9. The number of likely N-dealkylation sites (N-methyl/N-ethyl adjacent to an activating group) is 1. The zero-order valence-corrected chi connectivity index (χ0v) is 10.2. The molecule has 0 fully saturated rings. The summed E-state index contributed by atoms with van der Waals surface area (Å²) in [6.45, 7) is 5.21. The lowest BCUT2D eigenvalue weighted by Crippen LogP contribution is -2.30. The fourth-order valence-corrected chi connectivity index (χ4v) is 2.01. The molecule has 3 heteroatoms. The number of halogens is 2. The molecule has 0 saturated carbocycles. The Morgan fingerprint density at radius 3 is 2.07 bits per heavy atom. The molecule has 0 bridgehead atoms. The Balaban J connectivity index is 3.05. The van der Waals surface area contributed by atoms with Crippen LogP contribution in [0.5, 0.6) is 0 Å². The van der Waals surface area contributed by atoms with Gasteiger partial charge in [0.15, 0.2) is 0 Å². The molecule has 1 N–H and O–H groups in total. The van der Waals surface area contributed by atoms with Crippen LogP contribution in [0.4, 0.5) is 0 Å². The van der Waals surface area contributed by atoms with Gasteiger partial charge >= 0.3 is 0 Å². The van der Waals surface area contributed by atoms with Gasteiger partial charge in [-0.3, -0.25) is 0 Å². The van der Waals surface area contributed by atoms with Crippen molar-refractivity contribution in [2.24, 2.45) is 0 Å². The average molecular weight is 232 g/mol. The minimum absolute atomic E-state index is 0.0449. The predicted octanol–water partition coefficient (Wildman–Crippen LogP) is 3.49. The Hall–Kier alpha value is -0.240. The molecule has 78 valence electrons. The minimum Gasteiger partial charge on any atom is -0.319 e. The number of hydrogen-bond donors (Lipinski definition) is 1. The lowest BCUT2D eigenvalue weighted by atomic mass is 9.85. The first kappa shape index (κ1) is 11.8. The predicted molar refractivity (Wildman–Crippen MR) is 63.4 cm³/mol. The first-order valence-corrected chi connectivity index (χ1v) is 5.32. The van der Waals surface area contributed by atoms with Crippen LogP contribution in [0.25, 0.3) is 0 Å². The molecule has 0 saturated heterocycles. The van der Waals surface area contributed by atoms with Crippen LogP contribution >= 0.6 is 23.2 Å². The van der Waals surface area contributed by atoms with Crippen LogP contribution in [0.15, 0.2) is 18.2 Å². The van der Waals surface area contributed by atoms with Gasteiger partial charge < -0.3 is 5.32 Å². The molecule has 1 aromatic carbocycles. The standard InChI is InChI=1S/C11H15Cl2N/c1-11(2,7-14-3)8-4-9(12)6-10(13)5-8/h4-6,14H,7H2,1-3H3. The van der Waals surface area contributed by atoms with Crippen molar-refractivity contribution in [1.82, 2.24) is 5.32 Å². The highest BCUT2D eigenvalue weighted by molar-refractivity contribution is 6.34. The van der Waals surface area contributed by atoms with Gasteiger partial charge in [0.2, 0.25) is 0 Å². The molecule has 0 aliphatic heterocycles. The number of benzene rings is 1. The third-order valence-electron chi connectivity index (χ3n) is 2.26. The minimum atomic E-state index is 0.0449. The fourth-order valence-electron chi connectivity index (χ4n) is 1.49. The van der Waals surface area contributed by atoms with Crippen LogP contribution in [0.1, 0.15) is 19.4 Å². The molecule has 1 aromatic rings. The molecule has 0 heterocycles. The Bertz CT molecular complexity index is 301. The molecule has 0 radical (unpaired) electrons. The molecular formula is C11H15Cl2N. The van der Waals surface area contributed by atoms with E-state index >= 15 is 0 Å². The largest absolute Gasteiger partial charge is 0.319 e. The summed E-state index contributed by atoms with van der Waals surface area (Å²) in [6.07, 6.45) is 0. The summed E-state index contributed by atoms with van der Waals surface area (Å²) in [7, 11) is 1.94. The third kappa shape index (κ3) is 2.88. The zero-order chi connectivity index (χ0) is 10.8. The van der Waals surface area contributed by atoms with Gasteiger partial charge in [-0.2, -0.15) is 0 Å². The Labute approximate surface area is 95.4 Å². The molecule has 0 unspecified atom stereocenters. The van der Waals surface area contributed by atoms with Crippen LogP contribution in [0.3, 0.4) is 0 Å². The van der Waals surface area contributed by atoms with Gasteiger partial charge in [-0.15, -0.1) is 0 Å². The van der Waals surface area contributed by atoms with E-state index in [0.29, 0.717) is 10.0 Å². The van der Waals surface area contributed by atoms with E-state index in [1.165, 1.54) is 0 Å². The lowest BCUT2D eigenvalue weighted by Gasteiger charge is -2.25. The lowest BCUT2D eigenvalue weighted by molar-refractivity contribution is 0.494. The number of nitrogens with one attached hydrogen (secondary N) is 1. The van der Waals surface area contributed by atoms with Gasteiger partial charge in [0, 0.05) is 22.0 Å². The third-order valence-corrected chi connectivity index (χ3v) is 2.70. The molecule has 1 rings (SSSR count). The van der Waals surface area contributed by atoms with Crippen molar-refractivity contribution in [3.63, 3.8) is 0 Å². The highest BCUT2D eigenvalue weighted by Crippen LogP contribution is 2.28. The van der Waals surface area contributed by atoms with Crippen LogP contribution in [-0.4, -0.2) is 13.6 Å². The molecule has 0 atom stereocenters. The van der Waals surface area contributed by atoms with E-state index in [-0.39, 0.29) is 5.41 Å². The summed E-state index contributed by atoms with van der Waals surface area (Å²) in [5.41, 5.74) is 1.20. The SMILES string of the molecule is CNCC(C)(C)c1cc(Cl)cc(Cl)c1. The second-order valence-corrected chi connectivity index (χ2v) is 4.95. The van der Waals surface area contributed by atoms with Gasteiger partial charge in [0.05, 0.1) is 0 Å². The molecule has 14 heavy (non-hydrogen) atoms. The van der Waals surface area contributed by atoms with Crippen LogP contribution in [0.2, 0.25) is 10.0 Å². The van der Waals surface area contributed by atoms with Crippen molar-refractivity contribution in [2.45, 2.75) is 19.3 Å². The van der Waals surface area contributed by atoms with E-state index < -0.39 is 0 Å². The summed E-state index contributed by atoms with van der Waals surface area (Å²) in [5, 5.41) is 4.54. The van der Waals surface area contributed by atoms with E-state index in [1.807, 2.05) is 19.2 Å². The number of rotatable bonds is 3. The molecule has 0 aliphatic carbocycles. The molecule has 0 aromatic heterocycles. The topological polar surface area (TPSA) is 12.0 Å². The quantitative estimate of drug-likeness (QED) is 0.841. The van der Waals surface area contributed by atoms with Gasteiger partial charge in [-0.25, -0.2) is 0 Å². The van der Waals surface area contributed by atoms with Gasteiger partial charge in [0.25, 0.3) is 0 Å². The molecule has 0 spiro atoms. The normalized spacial score (nSPS) is 11.8. The smallest absolute Gasteiger partial charge is 0.0423 e. The zero-order valence-electron chi connectivity index (χ0n) is 8.70. The monoisotopic (exact) mass is 231 g/mol. The Morgan fingerprint density at radius 1 is 1.14 bits per heavy atom. The van der Waals surface area contributed by atoms with Gasteiger partial charge in [-0.05, 0) is 30.8 Å². The Morgan fingerprint density at radius 2 is 1.64 bits per heavy atom. The van der Waals surface area contributed by atoms with Crippen LogP contribution in [-0.2, 0) is 5.41 Å². The molecule has 0 amide bonds. The summed E-state index contributed by atoms with van der Waals surface area (Å²) in [5.74, 6) is 0. The maximum Gasteiger partial charge on any atom is 0.0423 e. The average Bonchev–Trinajstić information content (AvgIpc) is 2.02. The van der Waals surface area contributed by atoms with Crippen molar-refractivity contribution in [3.05, 3.63) is 33.8 Å². The van der Waals surface area contributed by atoms with E-state index in [4.69, 9.17) is 23.2 Å². The highest BCUT2D eigenvalue weighted by Gasteiger charge is 2.20. The van der Waals surface area contributed by atoms with Crippen molar-refractivity contribution in [3.8, 4) is 0 Å². The van der Waals surface area contributed by atoms with Crippen molar-refractivity contribution in [2.75, 3.05) is 13.6 Å². The van der Waals surface area contributed by atoms with Crippen molar-refractivity contribution >= 4 is 23.2 Å². The Kier molecular flexibility index (Phi) is 3.82. The van der Waals surface area contributed by atoms with E-state index in [1.54, 1.807) is 6.07 Å². The maximum absolute atomic E-state index is 5.95. The second kappa shape index (κ2) is 4.52. The van der Waals surface area contributed by atoms with E-state index in [2.05, 4.69) is 19.2 Å². The first-order valence-electron chi connectivity index (χ1n) is 4.57. The highest BCUT2D eigenvalue weighted by atomic mass is 35.5. The fraction of sp³-hybridized carbons (Fsp3) is 0.455. The molecular weight excluding hydrogens is 217 g/mol. The molecule has 1 nitrogen and oxygen atoms in total. The molecule has 0 aliphatic rings. The summed E-state index contributed by atoms with van der Waals surface area (Å²) < 4.78 is 0. The number of hydrogen-bond acceptors (Lipinski definition) is 1. The summed E-state index contributed by atoms with van der Waals surface area (Å²) in [6, 6.07) is 5.68. The van der Waals surface area contributed by atoms with Crippen LogP contribution in [0, 0.1) is 0 Å². The summed E-state index contributed by atoms with van der Waals surface area (Å²) in [4.78, 5) is 0. The first-order chi connectivity index (χ1) is 6.45. The van der Waals surface area contributed by atoms with E-state index in [9.17, 15) is 0 Å². The van der Waals surface area contributed by atoms with Crippen molar-refractivity contribution in [1.29, 1.82) is 0 Å². The van der Waals surface area contributed by atoms with Gasteiger partial charge in [-0.1, -0.05) is 37.0 Å². The van der Waals surface area contributed by atoms with Gasteiger partial charge in [0.1, 0.15) is 0 Å². The second-order valence-electron chi connectivity index (χ2n) is 4.07. The maximum atomic E-state index is 5.95. The van der Waals surface area contributed by atoms with E-state index in [0.717, 1.165) is 12.1 Å². The van der Waals surface area contributed by atoms with Crippen LogP contribution < -0.4 is 5.32 Å². The van der Waals surface area contributed by atoms with Crippen molar-refractivity contribution < 1.29 is 0 Å².